The molecule has 25 heavy (non-hydrogen) atoms. The highest BCUT2D eigenvalue weighted by Gasteiger charge is 2.14. The van der Waals surface area contributed by atoms with Gasteiger partial charge in [0.2, 0.25) is 11.8 Å². The maximum atomic E-state index is 12.6. The summed E-state index contributed by atoms with van der Waals surface area (Å²) in [5, 5.41) is 10.6. The molecule has 0 saturated carbocycles. The van der Waals surface area contributed by atoms with Crippen molar-refractivity contribution >= 4 is 11.6 Å². The van der Waals surface area contributed by atoms with Crippen LogP contribution in [0.1, 0.15) is 16.2 Å². The summed E-state index contributed by atoms with van der Waals surface area (Å²) in [6.45, 7) is 1.72. The molecule has 3 aromatic rings. The van der Waals surface area contributed by atoms with Crippen molar-refractivity contribution in [3.05, 3.63) is 53.9 Å². The fraction of sp³-hybridized carbons (Fsp3) is 0.167. The molecule has 0 fully saturated rings. The van der Waals surface area contributed by atoms with Crippen LogP contribution < -0.4 is 14.8 Å². The van der Waals surface area contributed by atoms with Gasteiger partial charge in [-0.3, -0.25) is 4.79 Å². The summed E-state index contributed by atoms with van der Waals surface area (Å²) in [7, 11) is 3.06. The van der Waals surface area contributed by atoms with Crippen LogP contribution in [-0.4, -0.2) is 30.3 Å². The zero-order valence-electron chi connectivity index (χ0n) is 14.1. The minimum absolute atomic E-state index is 0.293. The van der Waals surface area contributed by atoms with Gasteiger partial charge in [0.15, 0.2) is 0 Å². The number of benzene rings is 2. The zero-order valence-corrected chi connectivity index (χ0v) is 14.1. The second-order valence-electron chi connectivity index (χ2n) is 5.23. The summed E-state index contributed by atoms with van der Waals surface area (Å²) in [5.74, 6) is 1.63. The van der Waals surface area contributed by atoms with Crippen LogP contribution in [0, 0.1) is 6.92 Å². The normalized spacial score (nSPS) is 10.4. The smallest absolute Gasteiger partial charge is 0.259 e. The van der Waals surface area contributed by atoms with Crippen molar-refractivity contribution in [3.63, 3.8) is 0 Å². The van der Waals surface area contributed by atoms with E-state index in [1.165, 1.54) is 7.11 Å². The second kappa shape index (κ2) is 7.04. The molecule has 0 saturated heterocycles. The van der Waals surface area contributed by atoms with Crippen LogP contribution in [0.2, 0.25) is 0 Å². The van der Waals surface area contributed by atoms with E-state index in [4.69, 9.17) is 13.9 Å². The van der Waals surface area contributed by atoms with E-state index < -0.39 is 0 Å². The molecule has 7 heteroatoms. The molecule has 1 N–H and O–H groups in total. The number of aryl methyl sites for hydroxylation is 1. The van der Waals surface area contributed by atoms with Crippen LogP contribution in [0.25, 0.3) is 11.5 Å². The van der Waals surface area contributed by atoms with Gasteiger partial charge < -0.3 is 19.2 Å². The topological polar surface area (TPSA) is 86.5 Å². The van der Waals surface area contributed by atoms with Gasteiger partial charge in [0, 0.05) is 24.2 Å². The number of anilines is 1. The third-order valence-electron chi connectivity index (χ3n) is 3.55. The molecule has 0 spiro atoms. The number of rotatable bonds is 5. The van der Waals surface area contributed by atoms with E-state index in [1.54, 1.807) is 50.4 Å². The number of hydrogen-bond acceptors (Lipinski definition) is 6. The van der Waals surface area contributed by atoms with Gasteiger partial charge in [0.1, 0.15) is 11.5 Å². The number of nitrogens with one attached hydrogen (secondary N) is 1. The second-order valence-corrected chi connectivity index (χ2v) is 5.23. The Bertz CT molecular complexity index is 905. The first kappa shape index (κ1) is 16.5. The Morgan fingerprint density at radius 2 is 1.92 bits per heavy atom. The fourth-order valence-corrected chi connectivity index (χ4v) is 2.33. The fourth-order valence-electron chi connectivity index (χ4n) is 2.33. The van der Waals surface area contributed by atoms with Crippen molar-refractivity contribution in [2.75, 3.05) is 19.5 Å². The summed E-state index contributed by atoms with van der Waals surface area (Å²) < 4.78 is 15.8. The van der Waals surface area contributed by atoms with Crippen LogP contribution in [0.5, 0.6) is 11.5 Å². The molecule has 0 aliphatic rings. The highest BCUT2D eigenvalue weighted by Crippen LogP contribution is 2.26. The standard InChI is InChI=1S/C18H17N3O4/c1-11-20-21-18(25-11)12-5-4-6-13(9-12)19-17(22)15-8-7-14(23-2)10-16(15)24-3/h4-10H,1-3H3,(H,19,22). The molecule has 3 rings (SSSR count). The van der Waals surface area contributed by atoms with E-state index in [0.29, 0.717) is 34.5 Å². The van der Waals surface area contributed by atoms with E-state index in [0.717, 1.165) is 5.56 Å². The van der Waals surface area contributed by atoms with Crippen molar-refractivity contribution in [2.24, 2.45) is 0 Å². The Labute approximate surface area is 144 Å². The van der Waals surface area contributed by atoms with Gasteiger partial charge in [-0.1, -0.05) is 6.07 Å². The molecule has 0 aliphatic heterocycles. The average molecular weight is 339 g/mol. The van der Waals surface area contributed by atoms with E-state index in [-0.39, 0.29) is 5.91 Å². The van der Waals surface area contributed by atoms with Gasteiger partial charge in [-0.2, -0.15) is 0 Å². The van der Waals surface area contributed by atoms with Gasteiger partial charge in [-0.15, -0.1) is 10.2 Å². The molecule has 0 atom stereocenters. The quantitative estimate of drug-likeness (QED) is 0.767. The highest BCUT2D eigenvalue weighted by atomic mass is 16.5. The lowest BCUT2D eigenvalue weighted by atomic mass is 10.1. The van der Waals surface area contributed by atoms with Crippen molar-refractivity contribution < 1.29 is 18.7 Å². The first-order chi connectivity index (χ1) is 12.1. The largest absolute Gasteiger partial charge is 0.497 e. The third kappa shape index (κ3) is 3.60. The lowest BCUT2D eigenvalue weighted by Crippen LogP contribution is -2.13. The molecule has 1 heterocycles. The van der Waals surface area contributed by atoms with Crippen LogP contribution in [0.15, 0.2) is 46.9 Å². The number of nitrogens with zero attached hydrogens (tertiary/aromatic N) is 2. The van der Waals surface area contributed by atoms with Gasteiger partial charge in [0.05, 0.1) is 19.8 Å². The summed E-state index contributed by atoms with van der Waals surface area (Å²) in [6, 6.07) is 12.2. The number of amides is 1. The van der Waals surface area contributed by atoms with Gasteiger partial charge in [-0.25, -0.2) is 0 Å². The third-order valence-corrected chi connectivity index (χ3v) is 3.55. The van der Waals surface area contributed by atoms with Crippen LogP contribution in [0.4, 0.5) is 5.69 Å². The lowest BCUT2D eigenvalue weighted by Gasteiger charge is -2.11. The van der Waals surface area contributed by atoms with Crippen LogP contribution >= 0.6 is 0 Å². The SMILES string of the molecule is COc1ccc(C(=O)Nc2cccc(-c3nnc(C)o3)c2)c(OC)c1. The number of aromatic nitrogens is 2. The number of methoxy groups -OCH3 is 2. The first-order valence-electron chi connectivity index (χ1n) is 7.54. The van der Waals surface area contributed by atoms with Crippen LogP contribution in [-0.2, 0) is 0 Å². The first-order valence-corrected chi connectivity index (χ1v) is 7.54. The van der Waals surface area contributed by atoms with Gasteiger partial charge in [-0.05, 0) is 30.3 Å². The van der Waals surface area contributed by atoms with E-state index in [1.807, 2.05) is 6.07 Å². The predicted octanol–water partition coefficient (Wildman–Crippen LogP) is 3.31. The van der Waals surface area contributed by atoms with Gasteiger partial charge in [0.25, 0.3) is 5.91 Å². The summed E-state index contributed by atoms with van der Waals surface area (Å²) in [5.41, 5.74) is 1.73. The molecule has 0 bridgehead atoms. The Morgan fingerprint density at radius 1 is 1.08 bits per heavy atom. The molecule has 2 aromatic carbocycles. The number of carbonyl (C=O) groups excluding carboxylic acids is 1. The molecule has 0 aliphatic carbocycles. The molecule has 128 valence electrons. The Balaban J connectivity index is 1.84. The predicted molar refractivity (Wildman–Crippen MR) is 92.0 cm³/mol. The maximum absolute atomic E-state index is 12.6. The van der Waals surface area contributed by atoms with Crippen molar-refractivity contribution in [2.45, 2.75) is 6.92 Å². The Hall–Kier alpha value is -3.35. The molecular formula is C18H17N3O4. The minimum Gasteiger partial charge on any atom is -0.497 e. The van der Waals surface area contributed by atoms with Crippen molar-refractivity contribution in [1.29, 1.82) is 0 Å². The number of carbonyl (C=O) groups is 1. The van der Waals surface area contributed by atoms with E-state index in [2.05, 4.69) is 15.5 Å². The molecular weight excluding hydrogens is 322 g/mol. The molecule has 0 unspecified atom stereocenters. The van der Waals surface area contributed by atoms with Gasteiger partial charge >= 0.3 is 0 Å². The zero-order chi connectivity index (χ0) is 17.8. The molecule has 1 aromatic heterocycles. The van der Waals surface area contributed by atoms with Crippen molar-refractivity contribution in [1.82, 2.24) is 10.2 Å². The number of ether oxygens (including phenoxy) is 2. The average Bonchev–Trinajstić information content (AvgIpc) is 3.07. The Morgan fingerprint density at radius 3 is 2.60 bits per heavy atom. The van der Waals surface area contributed by atoms with E-state index in [9.17, 15) is 4.79 Å². The van der Waals surface area contributed by atoms with Crippen molar-refractivity contribution in [3.8, 4) is 23.0 Å². The summed E-state index contributed by atoms with van der Waals surface area (Å²) in [4.78, 5) is 12.6. The number of hydrogen-bond donors (Lipinski definition) is 1. The monoisotopic (exact) mass is 339 g/mol. The minimum atomic E-state index is -0.293. The maximum Gasteiger partial charge on any atom is 0.259 e. The summed E-state index contributed by atoms with van der Waals surface area (Å²) >= 11 is 0. The highest BCUT2D eigenvalue weighted by molar-refractivity contribution is 6.06. The molecule has 0 radical (unpaired) electrons. The molecule has 1 amide bonds. The lowest BCUT2D eigenvalue weighted by molar-refractivity contribution is 0.102. The summed E-state index contributed by atoms with van der Waals surface area (Å²) in [6.07, 6.45) is 0. The van der Waals surface area contributed by atoms with E-state index >= 15 is 0 Å². The molecule has 7 nitrogen and oxygen atoms in total. The Kier molecular flexibility index (Phi) is 4.65. The van der Waals surface area contributed by atoms with Crippen LogP contribution in [0.3, 0.4) is 0 Å².